The largest absolute Gasteiger partial charge is 0.389 e. The molecule has 0 spiro atoms. The highest BCUT2D eigenvalue weighted by molar-refractivity contribution is 5.93. The summed E-state index contributed by atoms with van der Waals surface area (Å²) in [6.45, 7) is 7.38. The number of Topliss-reactive ketones (excluding diaryl/α,β-unsaturated/α-hetero) is 1. The van der Waals surface area contributed by atoms with Gasteiger partial charge in [-0.25, -0.2) is 0 Å². The summed E-state index contributed by atoms with van der Waals surface area (Å²) in [5, 5.41) is 9.11. The number of rotatable bonds is 2. The van der Waals surface area contributed by atoms with Crippen LogP contribution in [0.5, 0.6) is 0 Å². The molecular weight excluding hydrogens is 248 g/mol. The van der Waals surface area contributed by atoms with Crippen molar-refractivity contribution in [3.8, 4) is 0 Å². The Morgan fingerprint density at radius 3 is 1.65 bits per heavy atom. The molecule has 1 atom stereocenters. The molecule has 106 valence electrons. The van der Waals surface area contributed by atoms with Gasteiger partial charge >= 0.3 is 0 Å². The summed E-state index contributed by atoms with van der Waals surface area (Å²) in [5.74, 6) is 0.125. The number of aliphatic hydroxyl groups is 1. The normalized spacial score (nSPS) is 11.2. The fraction of sp³-hybridized carbons (Fsp3) is 0.278. The average Bonchev–Trinajstić information content (AvgIpc) is 2.40. The van der Waals surface area contributed by atoms with E-state index in [0.717, 1.165) is 11.1 Å². The second kappa shape index (κ2) is 7.61. The van der Waals surface area contributed by atoms with Crippen LogP contribution in [0.25, 0.3) is 0 Å². The van der Waals surface area contributed by atoms with E-state index in [1.165, 1.54) is 11.1 Å². The van der Waals surface area contributed by atoms with Crippen LogP contribution in [0.15, 0.2) is 48.5 Å². The molecule has 0 radical (unpaired) electrons. The zero-order valence-electron chi connectivity index (χ0n) is 12.6. The molecule has 2 aromatic rings. The van der Waals surface area contributed by atoms with Crippen LogP contribution in [-0.4, -0.2) is 10.9 Å². The summed E-state index contributed by atoms with van der Waals surface area (Å²) in [6, 6.07) is 15.5. The third-order valence-corrected chi connectivity index (χ3v) is 3.02. The molecule has 0 saturated heterocycles. The van der Waals surface area contributed by atoms with Gasteiger partial charge < -0.3 is 5.11 Å². The zero-order valence-corrected chi connectivity index (χ0v) is 12.6. The maximum absolute atomic E-state index is 10.8. The van der Waals surface area contributed by atoms with Gasteiger partial charge in [-0.3, -0.25) is 4.79 Å². The SMILES string of the molecule is CC(=O)c1ccc(C)cc1.Cc1ccc(C(C)O)cc1. The number of aryl methyl sites for hydroxylation is 2. The van der Waals surface area contributed by atoms with Crippen molar-refractivity contribution in [3.63, 3.8) is 0 Å². The molecule has 1 N–H and O–H groups in total. The minimum absolute atomic E-state index is 0.125. The van der Waals surface area contributed by atoms with E-state index in [0.29, 0.717) is 0 Å². The van der Waals surface area contributed by atoms with E-state index in [-0.39, 0.29) is 11.9 Å². The average molecular weight is 270 g/mol. The quantitative estimate of drug-likeness (QED) is 0.828. The Morgan fingerprint density at radius 2 is 1.30 bits per heavy atom. The van der Waals surface area contributed by atoms with Crippen LogP contribution in [0.2, 0.25) is 0 Å². The minimum atomic E-state index is -0.347. The standard InChI is InChI=1S/C9H12O.C9H10O/c2*1-7-3-5-9(6-4-7)8(2)10/h3-6,8,10H,1-2H3;3-6H,1-2H3. The summed E-state index contributed by atoms with van der Waals surface area (Å²) < 4.78 is 0. The van der Waals surface area contributed by atoms with Crippen molar-refractivity contribution in [2.75, 3.05) is 0 Å². The molecule has 0 aliphatic heterocycles. The highest BCUT2D eigenvalue weighted by Gasteiger charge is 1.97. The molecule has 1 unspecified atom stereocenters. The Kier molecular flexibility index (Phi) is 6.13. The fourth-order valence-corrected chi connectivity index (χ4v) is 1.63. The third-order valence-electron chi connectivity index (χ3n) is 3.02. The van der Waals surface area contributed by atoms with E-state index < -0.39 is 0 Å². The Labute approximate surface area is 121 Å². The molecule has 0 amide bonds. The fourth-order valence-electron chi connectivity index (χ4n) is 1.63. The predicted octanol–water partition coefficient (Wildman–Crippen LogP) is 4.25. The van der Waals surface area contributed by atoms with Gasteiger partial charge in [0.2, 0.25) is 0 Å². The van der Waals surface area contributed by atoms with Crippen LogP contribution >= 0.6 is 0 Å². The first-order valence-corrected chi connectivity index (χ1v) is 6.72. The lowest BCUT2D eigenvalue weighted by Gasteiger charge is -2.02. The summed E-state index contributed by atoms with van der Waals surface area (Å²) in [5.41, 5.74) is 4.17. The molecule has 2 aromatic carbocycles. The Morgan fingerprint density at radius 1 is 0.900 bits per heavy atom. The number of aliphatic hydroxyl groups excluding tert-OH is 1. The van der Waals surface area contributed by atoms with Crippen LogP contribution in [0.3, 0.4) is 0 Å². The summed E-state index contributed by atoms with van der Waals surface area (Å²) in [4.78, 5) is 10.8. The van der Waals surface area contributed by atoms with E-state index in [1.807, 2.05) is 62.4 Å². The Hall–Kier alpha value is -1.93. The Balaban J connectivity index is 0.000000200. The molecule has 2 rings (SSSR count). The highest BCUT2D eigenvalue weighted by atomic mass is 16.3. The number of ketones is 1. The van der Waals surface area contributed by atoms with Crippen molar-refractivity contribution in [3.05, 3.63) is 70.8 Å². The van der Waals surface area contributed by atoms with Crippen molar-refractivity contribution in [2.24, 2.45) is 0 Å². The van der Waals surface area contributed by atoms with E-state index >= 15 is 0 Å². The van der Waals surface area contributed by atoms with Gasteiger partial charge in [-0.05, 0) is 33.3 Å². The number of hydrogen-bond acceptors (Lipinski definition) is 2. The van der Waals surface area contributed by atoms with Crippen LogP contribution in [0, 0.1) is 13.8 Å². The van der Waals surface area contributed by atoms with Gasteiger partial charge in [0.25, 0.3) is 0 Å². The van der Waals surface area contributed by atoms with E-state index in [4.69, 9.17) is 5.11 Å². The molecule has 0 saturated carbocycles. The molecule has 2 heteroatoms. The van der Waals surface area contributed by atoms with Gasteiger partial charge in [-0.1, -0.05) is 59.7 Å². The molecular formula is C18H22O2. The molecule has 0 aliphatic carbocycles. The first-order chi connectivity index (χ1) is 9.40. The summed E-state index contributed by atoms with van der Waals surface area (Å²) >= 11 is 0. The van der Waals surface area contributed by atoms with Crippen LogP contribution < -0.4 is 0 Å². The van der Waals surface area contributed by atoms with Gasteiger partial charge in [0.15, 0.2) is 5.78 Å². The number of hydrogen-bond donors (Lipinski definition) is 1. The second-order valence-corrected chi connectivity index (χ2v) is 5.01. The first-order valence-electron chi connectivity index (χ1n) is 6.72. The molecule has 0 aliphatic rings. The maximum Gasteiger partial charge on any atom is 0.159 e. The van der Waals surface area contributed by atoms with Gasteiger partial charge in [0.05, 0.1) is 6.10 Å². The molecule has 2 nitrogen and oxygen atoms in total. The van der Waals surface area contributed by atoms with E-state index in [2.05, 4.69) is 0 Å². The van der Waals surface area contributed by atoms with E-state index in [1.54, 1.807) is 13.8 Å². The monoisotopic (exact) mass is 270 g/mol. The maximum atomic E-state index is 10.8. The predicted molar refractivity (Wildman–Crippen MR) is 83.0 cm³/mol. The number of benzene rings is 2. The van der Waals surface area contributed by atoms with Crippen LogP contribution in [0.4, 0.5) is 0 Å². The topological polar surface area (TPSA) is 37.3 Å². The number of carbonyl (C=O) groups is 1. The van der Waals surface area contributed by atoms with Crippen molar-refractivity contribution in [1.29, 1.82) is 0 Å². The van der Waals surface area contributed by atoms with E-state index in [9.17, 15) is 4.79 Å². The summed E-state index contributed by atoms with van der Waals surface area (Å²) in [7, 11) is 0. The lowest BCUT2D eigenvalue weighted by atomic mass is 10.1. The molecule has 0 aromatic heterocycles. The van der Waals surface area contributed by atoms with Crippen molar-refractivity contribution < 1.29 is 9.90 Å². The highest BCUT2D eigenvalue weighted by Crippen LogP contribution is 2.11. The van der Waals surface area contributed by atoms with Gasteiger partial charge in [-0.2, -0.15) is 0 Å². The lowest BCUT2D eigenvalue weighted by Crippen LogP contribution is -1.90. The lowest BCUT2D eigenvalue weighted by molar-refractivity contribution is 0.101. The number of carbonyl (C=O) groups excluding carboxylic acids is 1. The minimum Gasteiger partial charge on any atom is -0.389 e. The van der Waals surface area contributed by atoms with Crippen molar-refractivity contribution >= 4 is 5.78 Å². The van der Waals surface area contributed by atoms with Crippen molar-refractivity contribution in [2.45, 2.75) is 33.8 Å². The molecule has 0 bridgehead atoms. The van der Waals surface area contributed by atoms with Crippen LogP contribution in [0.1, 0.15) is 47.0 Å². The van der Waals surface area contributed by atoms with Crippen molar-refractivity contribution in [1.82, 2.24) is 0 Å². The first kappa shape index (κ1) is 16.1. The zero-order chi connectivity index (χ0) is 15.1. The molecule has 20 heavy (non-hydrogen) atoms. The Bertz CT molecular complexity index is 537. The second-order valence-electron chi connectivity index (χ2n) is 5.01. The van der Waals surface area contributed by atoms with Gasteiger partial charge in [0.1, 0.15) is 0 Å². The summed E-state index contributed by atoms with van der Waals surface area (Å²) in [6.07, 6.45) is -0.347. The van der Waals surface area contributed by atoms with Crippen LogP contribution in [-0.2, 0) is 0 Å². The van der Waals surface area contributed by atoms with Gasteiger partial charge in [0, 0.05) is 5.56 Å². The smallest absolute Gasteiger partial charge is 0.159 e. The molecule has 0 heterocycles. The van der Waals surface area contributed by atoms with Gasteiger partial charge in [-0.15, -0.1) is 0 Å². The third kappa shape index (κ3) is 5.37. The molecule has 0 fully saturated rings.